The third-order valence-corrected chi connectivity index (χ3v) is 4.16. The number of rotatable bonds is 3. The molecular weight excluding hydrogens is 268 g/mol. The smallest absolute Gasteiger partial charge is 0.264 e. The van der Waals surface area contributed by atoms with Crippen molar-refractivity contribution < 1.29 is 4.79 Å². The lowest BCUT2D eigenvalue weighted by atomic mass is 10.1. The molecule has 0 aliphatic carbocycles. The number of carbonyl (C=O) groups excluding carboxylic acids is 1. The third-order valence-electron chi connectivity index (χ3n) is 3.42. The number of benzene rings is 1. The van der Waals surface area contributed by atoms with Crippen molar-refractivity contribution in [3.8, 4) is 6.07 Å². The number of likely N-dealkylation sites (tertiary alicyclic amines) is 1. The molecule has 1 aliphatic rings. The lowest BCUT2D eigenvalue weighted by Gasteiger charge is -2.26. The van der Waals surface area contributed by atoms with Crippen LogP contribution in [0.25, 0.3) is 6.08 Å². The van der Waals surface area contributed by atoms with Crippen LogP contribution >= 0.6 is 11.8 Å². The van der Waals surface area contributed by atoms with E-state index in [-0.39, 0.29) is 11.5 Å². The van der Waals surface area contributed by atoms with Gasteiger partial charge in [-0.15, -0.1) is 11.8 Å². The largest absolute Gasteiger partial charge is 0.338 e. The summed E-state index contributed by atoms with van der Waals surface area (Å²) in [6.45, 7) is 1.53. The molecular formula is C16H18N2OS. The third kappa shape index (κ3) is 3.64. The summed E-state index contributed by atoms with van der Waals surface area (Å²) in [5.41, 5.74) is 1.12. The number of hydrogen-bond acceptors (Lipinski definition) is 3. The Labute approximate surface area is 124 Å². The van der Waals surface area contributed by atoms with Crippen LogP contribution in [0.15, 0.2) is 34.7 Å². The first-order valence-electron chi connectivity index (χ1n) is 6.79. The summed E-state index contributed by atoms with van der Waals surface area (Å²) < 4.78 is 0. The molecule has 0 unspecified atom stereocenters. The van der Waals surface area contributed by atoms with E-state index in [1.807, 2.05) is 36.6 Å². The quantitative estimate of drug-likeness (QED) is 0.486. The van der Waals surface area contributed by atoms with Crippen LogP contribution in [0.3, 0.4) is 0 Å². The summed E-state index contributed by atoms with van der Waals surface area (Å²) in [6, 6.07) is 9.91. The van der Waals surface area contributed by atoms with Gasteiger partial charge in [-0.3, -0.25) is 4.79 Å². The van der Waals surface area contributed by atoms with E-state index in [2.05, 4.69) is 0 Å². The summed E-state index contributed by atoms with van der Waals surface area (Å²) >= 11 is 1.67. The van der Waals surface area contributed by atoms with Crippen LogP contribution in [0, 0.1) is 11.3 Å². The zero-order chi connectivity index (χ0) is 14.4. The second-order valence-electron chi connectivity index (χ2n) is 4.80. The monoisotopic (exact) mass is 286 g/mol. The second kappa shape index (κ2) is 7.16. The number of nitriles is 1. The fourth-order valence-corrected chi connectivity index (χ4v) is 2.68. The molecule has 0 atom stereocenters. The van der Waals surface area contributed by atoms with Gasteiger partial charge in [0.2, 0.25) is 0 Å². The molecule has 20 heavy (non-hydrogen) atoms. The van der Waals surface area contributed by atoms with E-state index in [0.717, 1.165) is 31.5 Å². The Kier molecular flexibility index (Phi) is 5.25. The molecule has 104 valence electrons. The van der Waals surface area contributed by atoms with Crippen LogP contribution < -0.4 is 0 Å². The Hall–Kier alpha value is -1.73. The minimum Gasteiger partial charge on any atom is -0.338 e. The molecule has 0 bridgehead atoms. The van der Waals surface area contributed by atoms with E-state index >= 15 is 0 Å². The van der Waals surface area contributed by atoms with Crippen molar-refractivity contribution in [2.24, 2.45) is 0 Å². The molecule has 0 aromatic heterocycles. The van der Waals surface area contributed by atoms with Gasteiger partial charge in [-0.1, -0.05) is 12.1 Å². The predicted octanol–water partition coefficient (Wildman–Crippen LogP) is 3.33. The van der Waals surface area contributed by atoms with Crippen molar-refractivity contribution >= 4 is 23.7 Å². The standard InChI is InChI=1S/C16H18N2OS/c1-20-15-7-5-13(6-8-15)11-14(12-17)16(19)18-9-3-2-4-10-18/h5-8,11H,2-4,9-10H2,1H3/b14-11+. The fraction of sp³-hybridized carbons (Fsp3) is 0.375. The van der Waals surface area contributed by atoms with Gasteiger partial charge in [-0.25, -0.2) is 0 Å². The maximum Gasteiger partial charge on any atom is 0.264 e. The SMILES string of the molecule is CSc1ccc(/C=C(\C#N)C(=O)N2CCCCC2)cc1. The van der Waals surface area contributed by atoms with Gasteiger partial charge in [-0.2, -0.15) is 5.26 Å². The molecule has 1 aromatic carbocycles. The molecule has 1 aromatic rings. The maximum atomic E-state index is 12.3. The lowest BCUT2D eigenvalue weighted by molar-refractivity contribution is -0.127. The second-order valence-corrected chi connectivity index (χ2v) is 5.68. The van der Waals surface area contributed by atoms with Crippen molar-refractivity contribution in [1.82, 2.24) is 4.90 Å². The summed E-state index contributed by atoms with van der Waals surface area (Å²) in [4.78, 5) is 15.2. The molecule has 1 aliphatic heterocycles. The van der Waals surface area contributed by atoms with Gasteiger partial charge in [-0.05, 0) is 49.3 Å². The first-order chi connectivity index (χ1) is 9.74. The zero-order valence-electron chi connectivity index (χ0n) is 11.6. The summed E-state index contributed by atoms with van der Waals surface area (Å²) in [7, 11) is 0. The highest BCUT2D eigenvalue weighted by molar-refractivity contribution is 7.98. The number of carbonyl (C=O) groups is 1. The number of amides is 1. The molecule has 4 heteroatoms. The van der Waals surface area contributed by atoms with Gasteiger partial charge in [0.15, 0.2) is 0 Å². The number of hydrogen-bond donors (Lipinski definition) is 0. The van der Waals surface area contributed by atoms with Crippen molar-refractivity contribution in [1.29, 1.82) is 5.26 Å². The number of piperidine rings is 1. The van der Waals surface area contributed by atoms with E-state index in [0.29, 0.717) is 0 Å². The normalized spacial score (nSPS) is 15.8. The van der Waals surface area contributed by atoms with Crippen molar-refractivity contribution in [2.45, 2.75) is 24.2 Å². The van der Waals surface area contributed by atoms with Crippen molar-refractivity contribution in [3.63, 3.8) is 0 Å². The summed E-state index contributed by atoms with van der Waals surface area (Å²) in [5, 5.41) is 9.22. The van der Waals surface area contributed by atoms with Gasteiger partial charge < -0.3 is 4.90 Å². The molecule has 1 heterocycles. The maximum absolute atomic E-state index is 12.3. The van der Waals surface area contributed by atoms with Crippen LogP contribution in [0.5, 0.6) is 0 Å². The average Bonchev–Trinajstić information content (AvgIpc) is 2.53. The van der Waals surface area contributed by atoms with E-state index in [1.165, 1.54) is 11.3 Å². The van der Waals surface area contributed by atoms with Gasteiger partial charge in [0.05, 0.1) is 0 Å². The Bertz CT molecular complexity index is 537. The molecule has 0 spiro atoms. The van der Waals surface area contributed by atoms with Crippen LogP contribution in [-0.4, -0.2) is 30.2 Å². The topological polar surface area (TPSA) is 44.1 Å². The highest BCUT2D eigenvalue weighted by Gasteiger charge is 2.19. The fourth-order valence-electron chi connectivity index (χ4n) is 2.28. The zero-order valence-corrected chi connectivity index (χ0v) is 12.4. The molecule has 2 rings (SSSR count). The summed E-state index contributed by atoms with van der Waals surface area (Å²) in [6.07, 6.45) is 6.94. The number of thioether (sulfide) groups is 1. The van der Waals surface area contributed by atoms with E-state index in [4.69, 9.17) is 0 Å². The van der Waals surface area contributed by atoms with Gasteiger partial charge in [0.25, 0.3) is 5.91 Å². The Morgan fingerprint density at radius 2 is 1.90 bits per heavy atom. The molecule has 0 N–H and O–H groups in total. The highest BCUT2D eigenvalue weighted by Crippen LogP contribution is 2.18. The minimum absolute atomic E-state index is 0.138. The van der Waals surface area contributed by atoms with Crippen molar-refractivity contribution in [3.05, 3.63) is 35.4 Å². The minimum atomic E-state index is -0.138. The van der Waals surface area contributed by atoms with Crippen LogP contribution in [0.1, 0.15) is 24.8 Å². The average molecular weight is 286 g/mol. The Balaban J connectivity index is 2.15. The first kappa shape index (κ1) is 14.7. The lowest BCUT2D eigenvalue weighted by Crippen LogP contribution is -2.36. The molecule has 1 fully saturated rings. The van der Waals surface area contributed by atoms with Crippen LogP contribution in [0.2, 0.25) is 0 Å². The van der Waals surface area contributed by atoms with E-state index in [1.54, 1.807) is 22.7 Å². The Morgan fingerprint density at radius 3 is 2.45 bits per heavy atom. The van der Waals surface area contributed by atoms with Gasteiger partial charge in [0.1, 0.15) is 11.6 Å². The predicted molar refractivity (Wildman–Crippen MR) is 82.2 cm³/mol. The first-order valence-corrected chi connectivity index (χ1v) is 8.02. The molecule has 1 saturated heterocycles. The number of nitrogens with zero attached hydrogens (tertiary/aromatic N) is 2. The highest BCUT2D eigenvalue weighted by atomic mass is 32.2. The van der Waals surface area contributed by atoms with Crippen molar-refractivity contribution in [2.75, 3.05) is 19.3 Å². The van der Waals surface area contributed by atoms with Gasteiger partial charge >= 0.3 is 0 Å². The Morgan fingerprint density at radius 1 is 1.25 bits per heavy atom. The molecule has 0 radical (unpaired) electrons. The van der Waals surface area contributed by atoms with Gasteiger partial charge in [0, 0.05) is 18.0 Å². The van der Waals surface area contributed by atoms with Crippen LogP contribution in [0.4, 0.5) is 0 Å². The molecule has 3 nitrogen and oxygen atoms in total. The van der Waals surface area contributed by atoms with Crippen LogP contribution in [-0.2, 0) is 4.79 Å². The molecule has 0 saturated carbocycles. The summed E-state index contributed by atoms with van der Waals surface area (Å²) in [5.74, 6) is -0.138. The van der Waals surface area contributed by atoms with E-state index < -0.39 is 0 Å². The van der Waals surface area contributed by atoms with E-state index in [9.17, 15) is 10.1 Å². The molecule has 1 amide bonds.